The highest BCUT2D eigenvalue weighted by Crippen LogP contribution is 2.20. The number of rotatable bonds is 6. The predicted octanol–water partition coefficient (Wildman–Crippen LogP) is 4.08. The molecule has 6 heteroatoms. The first-order valence-electron chi connectivity index (χ1n) is 7.89. The van der Waals surface area contributed by atoms with Crippen molar-refractivity contribution in [2.45, 2.75) is 19.0 Å². The number of amides is 1. The van der Waals surface area contributed by atoms with Crippen LogP contribution in [0.3, 0.4) is 0 Å². The number of thiazole rings is 1. The van der Waals surface area contributed by atoms with Gasteiger partial charge in [-0.2, -0.15) is 0 Å². The molecule has 128 valence electrons. The van der Waals surface area contributed by atoms with E-state index in [0.717, 1.165) is 20.6 Å². The summed E-state index contributed by atoms with van der Waals surface area (Å²) in [7, 11) is 0. The number of halogens is 1. The van der Waals surface area contributed by atoms with Gasteiger partial charge >= 0.3 is 0 Å². The van der Waals surface area contributed by atoms with E-state index in [-0.39, 0.29) is 11.9 Å². The van der Waals surface area contributed by atoms with Crippen LogP contribution in [-0.4, -0.2) is 10.9 Å². The summed E-state index contributed by atoms with van der Waals surface area (Å²) >= 11 is 4.82. The van der Waals surface area contributed by atoms with E-state index in [4.69, 9.17) is 5.73 Å². The standard InChI is InChI=1S/C19H18BrN3OS/c20-15-8-6-14(7-9-15)11-22-18(24)17-12-25-19(23-17)16(21)10-13-4-2-1-3-5-13/h1-9,12,16H,10-11,21H2,(H,22,24). The maximum atomic E-state index is 12.3. The van der Waals surface area contributed by atoms with Gasteiger partial charge in [0.05, 0.1) is 6.04 Å². The third-order valence-corrected chi connectivity index (χ3v) is 5.24. The normalized spacial score (nSPS) is 11.9. The van der Waals surface area contributed by atoms with Gasteiger partial charge in [-0.1, -0.05) is 58.4 Å². The van der Waals surface area contributed by atoms with Gasteiger partial charge in [-0.3, -0.25) is 4.79 Å². The lowest BCUT2D eigenvalue weighted by Gasteiger charge is -2.08. The Labute approximate surface area is 159 Å². The van der Waals surface area contributed by atoms with E-state index in [9.17, 15) is 4.79 Å². The van der Waals surface area contributed by atoms with Gasteiger partial charge in [0.1, 0.15) is 10.7 Å². The molecule has 0 saturated carbocycles. The number of benzene rings is 2. The molecule has 4 nitrogen and oxygen atoms in total. The summed E-state index contributed by atoms with van der Waals surface area (Å²) in [6.07, 6.45) is 0.703. The van der Waals surface area contributed by atoms with E-state index < -0.39 is 0 Å². The van der Waals surface area contributed by atoms with Crippen LogP contribution < -0.4 is 11.1 Å². The van der Waals surface area contributed by atoms with Gasteiger partial charge in [0.2, 0.25) is 0 Å². The van der Waals surface area contributed by atoms with Crippen LogP contribution in [0.15, 0.2) is 64.5 Å². The van der Waals surface area contributed by atoms with E-state index in [1.807, 2.05) is 54.6 Å². The molecule has 0 spiro atoms. The van der Waals surface area contributed by atoms with Gasteiger partial charge in [-0.15, -0.1) is 11.3 Å². The molecule has 3 aromatic rings. The SMILES string of the molecule is NC(Cc1ccccc1)c1nc(C(=O)NCc2ccc(Br)cc2)cs1. The molecule has 0 aliphatic rings. The molecule has 0 radical (unpaired) electrons. The molecule has 0 fully saturated rings. The average Bonchev–Trinajstić information content (AvgIpc) is 3.12. The van der Waals surface area contributed by atoms with Crippen molar-refractivity contribution in [1.29, 1.82) is 0 Å². The Balaban J connectivity index is 1.58. The molecule has 2 aromatic carbocycles. The lowest BCUT2D eigenvalue weighted by molar-refractivity contribution is 0.0946. The van der Waals surface area contributed by atoms with Crippen LogP contribution in [0.4, 0.5) is 0 Å². The van der Waals surface area contributed by atoms with Gasteiger partial charge in [0.15, 0.2) is 0 Å². The fourth-order valence-corrected chi connectivity index (χ4v) is 3.46. The highest BCUT2D eigenvalue weighted by atomic mass is 79.9. The second-order valence-electron chi connectivity index (χ2n) is 5.68. The third kappa shape index (κ3) is 4.98. The highest BCUT2D eigenvalue weighted by molar-refractivity contribution is 9.10. The molecule has 1 atom stereocenters. The summed E-state index contributed by atoms with van der Waals surface area (Å²) in [5, 5.41) is 5.42. The Kier molecular flexibility index (Phi) is 5.96. The Hall–Kier alpha value is -2.02. The van der Waals surface area contributed by atoms with Crippen LogP contribution >= 0.6 is 27.3 Å². The maximum absolute atomic E-state index is 12.3. The van der Waals surface area contributed by atoms with Gasteiger partial charge in [-0.25, -0.2) is 4.98 Å². The first kappa shape index (κ1) is 17.8. The fraction of sp³-hybridized carbons (Fsp3) is 0.158. The van der Waals surface area contributed by atoms with Crippen molar-refractivity contribution < 1.29 is 4.79 Å². The monoisotopic (exact) mass is 415 g/mol. The molecule has 1 heterocycles. The second kappa shape index (κ2) is 8.38. The average molecular weight is 416 g/mol. The zero-order valence-electron chi connectivity index (χ0n) is 13.5. The minimum absolute atomic E-state index is 0.183. The molecule has 1 aromatic heterocycles. The lowest BCUT2D eigenvalue weighted by atomic mass is 10.1. The first-order valence-corrected chi connectivity index (χ1v) is 9.56. The van der Waals surface area contributed by atoms with E-state index in [1.54, 1.807) is 5.38 Å². The summed E-state index contributed by atoms with van der Waals surface area (Å²) in [5.74, 6) is -0.183. The van der Waals surface area contributed by atoms with Gasteiger partial charge in [0.25, 0.3) is 5.91 Å². The van der Waals surface area contributed by atoms with Crippen LogP contribution in [0.2, 0.25) is 0 Å². The van der Waals surface area contributed by atoms with E-state index in [0.29, 0.717) is 18.7 Å². The molecule has 25 heavy (non-hydrogen) atoms. The van der Waals surface area contributed by atoms with Crippen molar-refractivity contribution in [2.75, 3.05) is 0 Å². The van der Waals surface area contributed by atoms with Crippen molar-refractivity contribution >= 4 is 33.2 Å². The van der Waals surface area contributed by atoms with Gasteiger partial charge < -0.3 is 11.1 Å². The topological polar surface area (TPSA) is 68.0 Å². The van der Waals surface area contributed by atoms with Crippen LogP contribution in [0.5, 0.6) is 0 Å². The molecule has 1 amide bonds. The Bertz CT molecular complexity index is 833. The number of nitrogens with zero attached hydrogens (tertiary/aromatic N) is 1. The number of nitrogens with one attached hydrogen (secondary N) is 1. The number of hydrogen-bond donors (Lipinski definition) is 2. The van der Waals surface area contributed by atoms with Crippen molar-refractivity contribution in [3.63, 3.8) is 0 Å². The third-order valence-electron chi connectivity index (χ3n) is 3.74. The van der Waals surface area contributed by atoms with E-state index in [1.165, 1.54) is 11.3 Å². The minimum Gasteiger partial charge on any atom is -0.347 e. The molecule has 0 bridgehead atoms. The summed E-state index contributed by atoms with van der Waals surface area (Å²) in [4.78, 5) is 16.7. The number of carbonyl (C=O) groups is 1. The van der Waals surface area contributed by atoms with Crippen molar-refractivity contribution in [3.05, 3.63) is 86.3 Å². The molecular formula is C19H18BrN3OS. The quantitative estimate of drug-likeness (QED) is 0.637. The van der Waals surface area contributed by atoms with Crippen molar-refractivity contribution in [3.8, 4) is 0 Å². The molecule has 0 aliphatic heterocycles. The van der Waals surface area contributed by atoms with Crippen molar-refractivity contribution in [2.24, 2.45) is 5.73 Å². The molecular weight excluding hydrogens is 398 g/mol. The zero-order valence-corrected chi connectivity index (χ0v) is 15.9. The number of carbonyl (C=O) groups excluding carboxylic acids is 1. The zero-order chi connectivity index (χ0) is 17.6. The van der Waals surface area contributed by atoms with E-state index in [2.05, 4.69) is 26.2 Å². The Morgan fingerprint density at radius 1 is 1.12 bits per heavy atom. The van der Waals surface area contributed by atoms with Crippen LogP contribution in [0.25, 0.3) is 0 Å². The molecule has 0 saturated heterocycles. The molecule has 3 rings (SSSR count). The second-order valence-corrected chi connectivity index (χ2v) is 7.48. The summed E-state index contributed by atoms with van der Waals surface area (Å²) in [6, 6.07) is 17.7. The summed E-state index contributed by atoms with van der Waals surface area (Å²) in [6.45, 7) is 0.467. The minimum atomic E-state index is -0.208. The predicted molar refractivity (Wildman–Crippen MR) is 105 cm³/mol. The summed E-state index contributed by atoms with van der Waals surface area (Å²) < 4.78 is 1.01. The summed E-state index contributed by atoms with van der Waals surface area (Å²) in [5.41, 5.74) is 8.84. The fourth-order valence-electron chi connectivity index (χ4n) is 2.39. The largest absolute Gasteiger partial charge is 0.347 e. The Morgan fingerprint density at radius 3 is 2.56 bits per heavy atom. The number of aromatic nitrogens is 1. The maximum Gasteiger partial charge on any atom is 0.271 e. The van der Waals surface area contributed by atoms with Crippen LogP contribution in [0.1, 0.15) is 32.7 Å². The van der Waals surface area contributed by atoms with Gasteiger partial charge in [0, 0.05) is 16.4 Å². The highest BCUT2D eigenvalue weighted by Gasteiger charge is 2.15. The Morgan fingerprint density at radius 2 is 1.84 bits per heavy atom. The van der Waals surface area contributed by atoms with E-state index >= 15 is 0 Å². The van der Waals surface area contributed by atoms with Crippen LogP contribution in [-0.2, 0) is 13.0 Å². The molecule has 1 unspecified atom stereocenters. The van der Waals surface area contributed by atoms with Crippen molar-refractivity contribution in [1.82, 2.24) is 10.3 Å². The lowest BCUT2D eigenvalue weighted by Crippen LogP contribution is -2.23. The van der Waals surface area contributed by atoms with Crippen LogP contribution in [0, 0.1) is 0 Å². The number of nitrogens with two attached hydrogens (primary N) is 1. The smallest absolute Gasteiger partial charge is 0.271 e. The first-order chi connectivity index (χ1) is 12.1. The number of hydrogen-bond acceptors (Lipinski definition) is 4. The molecule has 3 N–H and O–H groups in total. The molecule has 0 aliphatic carbocycles. The van der Waals surface area contributed by atoms with Gasteiger partial charge in [-0.05, 0) is 29.7 Å².